The van der Waals surface area contributed by atoms with Crippen molar-refractivity contribution in [3.05, 3.63) is 46.7 Å². The molecule has 0 saturated carbocycles. The first kappa shape index (κ1) is 10.5. The van der Waals surface area contributed by atoms with Crippen LogP contribution in [0.2, 0.25) is 0 Å². The lowest BCUT2D eigenvalue weighted by Gasteiger charge is -1.92. The predicted molar refractivity (Wildman–Crippen MR) is 75.1 cm³/mol. The number of phenols is 1. The largest absolute Gasteiger partial charge is 0.508 e. The Bertz CT molecular complexity index is 636. The Morgan fingerprint density at radius 2 is 1.88 bits per heavy atom. The van der Waals surface area contributed by atoms with Gasteiger partial charge in [-0.3, -0.25) is 4.99 Å². The molecule has 0 amide bonds. The molecule has 0 fully saturated rings. The highest BCUT2D eigenvalue weighted by molar-refractivity contribution is 7.27. The number of hydrogen-bond acceptors (Lipinski definition) is 4. The van der Waals surface area contributed by atoms with Crippen molar-refractivity contribution < 1.29 is 5.11 Å². The smallest absolute Gasteiger partial charge is 0.115 e. The molecule has 3 rings (SSSR count). The van der Waals surface area contributed by atoms with Crippen molar-refractivity contribution in [2.24, 2.45) is 4.99 Å². The summed E-state index contributed by atoms with van der Waals surface area (Å²) >= 11 is 3.49. The van der Waals surface area contributed by atoms with Crippen molar-refractivity contribution in [3.8, 4) is 5.75 Å². The van der Waals surface area contributed by atoms with Crippen LogP contribution in [0.3, 0.4) is 0 Å². The summed E-state index contributed by atoms with van der Waals surface area (Å²) in [5.41, 5.74) is 0.847. The van der Waals surface area contributed by atoms with E-state index in [1.54, 1.807) is 46.9 Å². The SMILES string of the molecule is Oc1ccc(N=Cc2cc3sccc3s2)cc1. The van der Waals surface area contributed by atoms with Crippen molar-refractivity contribution in [1.82, 2.24) is 0 Å². The fourth-order valence-corrected chi connectivity index (χ4v) is 3.52. The molecule has 17 heavy (non-hydrogen) atoms. The number of benzene rings is 1. The number of thiophene rings is 2. The summed E-state index contributed by atoms with van der Waals surface area (Å²) in [6.45, 7) is 0. The highest BCUT2D eigenvalue weighted by atomic mass is 32.1. The van der Waals surface area contributed by atoms with Crippen LogP contribution in [0.1, 0.15) is 4.88 Å². The molecule has 84 valence electrons. The van der Waals surface area contributed by atoms with E-state index in [4.69, 9.17) is 5.11 Å². The molecule has 2 nitrogen and oxygen atoms in total. The zero-order valence-corrected chi connectivity index (χ0v) is 10.5. The zero-order chi connectivity index (χ0) is 11.7. The van der Waals surface area contributed by atoms with Gasteiger partial charge in [0.25, 0.3) is 0 Å². The molecule has 0 unspecified atom stereocenters. The first-order valence-corrected chi connectivity index (χ1v) is 6.81. The van der Waals surface area contributed by atoms with Gasteiger partial charge in [0.05, 0.1) is 5.69 Å². The molecule has 2 heterocycles. The van der Waals surface area contributed by atoms with Crippen LogP contribution in [0.4, 0.5) is 5.69 Å². The lowest BCUT2D eigenvalue weighted by Crippen LogP contribution is -1.71. The van der Waals surface area contributed by atoms with Crippen LogP contribution >= 0.6 is 22.7 Å². The second kappa shape index (κ2) is 4.31. The van der Waals surface area contributed by atoms with Gasteiger partial charge in [0.1, 0.15) is 5.75 Å². The Balaban J connectivity index is 1.86. The molecule has 0 atom stereocenters. The fourth-order valence-electron chi connectivity index (χ4n) is 1.52. The number of hydrogen-bond donors (Lipinski definition) is 1. The van der Waals surface area contributed by atoms with Gasteiger partial charge >= 0.3 is 0 Å². The minimum Gasteiger partial charge on any atom is -0.508 e. The summed E-state index contributed by atoms with van der Waals surface area (Å²) in [4.78, 5) is 5.52. The topological polar surface area (TPSA) is 32.6 Å². The second-order valence-electron chi connectivity index (χ2n) is 3.57. The van der Waals surface area contributed by atoms with E-state index in [1.165, 1.54) is 9.40 Å². The van der Waals surface area contributed by atoms with Crippen LogP contribution in [-0.2, 0) is 0 Å². The predicted octanol–water partition coefficient (Wildman–Crippen LogP) is 4.42. The lowest BCUT2D eigenvalue weighted by molar-refractivity contribution is 0.475. The molecular formula is C13H9NOS2. The third-order valence-corrected chi connectivity index (χ3v) is 4.38. The molecule has 3 aromatic rings. The molecule has 1 N–H and O–H groups in total. The van der Waals surface area contributed by atoms with Gasteiger partial charge in [-0.1, -0.05) is 0 Å². The molecule has 0 radical (unpaired) electrons. The molecule has 0 aliphatic rings. The van der Waals surface area contributed by atoms with Gasteiger partial charge in [-0.25, -0.2) is 0 Å². The number of nitrogens with zero attached hydrogens (tertiary/aromatic N) is 1. The molecule has 0 spiro atoms. The quantitative estimate of drug-likeness (QED) is 0.679. The van der Waals surface area contributed by atoms with E-state index in [1.807, 2.05) is 6.21 Å². The van der Waals surface area contributed by atoms with Gasteiger partial charge in [-0.05, 0) is 41.8 Å². The molecule has 0 aliphatic carbocycles. The maximum absolute atomic E-state index is 9.16. The van der Waals surface area contributed by atoms with Crippen molar-refractivity contribution in [2.45, 2.75) is 0 Å². The third-order valence-electron chi connectivity index (χ3n) is 2.35. The molecule has 0 bridgehead atoms. The van der Waals surface area contributed by atoms with Gasteiger partial charge in [0.2, 0.25) is 0 Å². The Morgan fingerprint density at radius 1 is 1.06 bits per heavy atom. The molecule has 0 saturated heterocycles. The highest BCUT2D eigenvalue weighted by Gasteiger charge is 2.00. The van der Waals surface area contributed by atoms with Crippen LogP contribution in [0.15, 0.2) is 46.8 Å². The normalized spacial score (nSPS) is 11.5. The molecule has 2 aromatic heterocycles. The highest BCUT2D eigenvalue weighted by Crippen LogP contribution is 2.29. The summed E-state index contributed by atoms with van der Waals surface area (Å²) in [6.07, 6.45) is 1.86. The Kier molecular flexibility index (Phi) is 2.66. The monoisotopic (exact) mass is 259 g/mol. The van der Waals surface area contributed by atoms with Crippen molar-refractivity contribution in [2.75, 3.05) is 0 Å². The fraction of sp³-hybridized carbons (Fsp3) is 0. The van der Waals surface area contributed by atoms with Crippen LogP contribution in [0.5, 0.6) is 5.75 Å². The van der Waals surface area contributed by atoms with Gasteiger partial charge < -0.3 is 5.11 Å². The van der Waals surface area contributed by atoms with E-state index < -0.39 is 0 Å². The summed E-state index contributed by atoms with van der Waals surface area (Å²) in [7, 11) is 0. The molecule has 4 heteroatoms. The number of aromatic hydroxyl groups is 1. The van der Waals surface area contributed by atoms with Crippen molar-refractivity contribution >= 4 is 44.0 Å². The third kappa shape index (κ3) is 2.23. The summed E-state index contributed by atoms with van der Waals surface area (Å²) in [6, 6.07) is 11.1. The van der Waals surface area contributed by atoms with E-state index in [0.717, 1.165) is 10.6 Å². The number of rotatable bonds is 2. The minimum absolute atomic E-state index is 0.264. The average Bonchev–Trinajstić information content (AvgIpc) is 2.88. The van der Waals surface area contributed by atoms with Crippen molar-refractivity contribution in [3.63, 3.8) is 0 Å². The van der Waals surface area contributed by atoms with Crippen molar-refractivity contribution in [1.29, 1.82) is 0 Å². The van der Waals surface area contributed by atoms with Gasteiger partial charge in [-0.15, -0.1) is 22.7 Å². The van der Waals surface area contributed by atoms with Crippen LogP contribution in [0, 0.1) is 0 Å². The van der Waals surface area contributed by atoms with E-state index in [9.17, 15) is 0 Å². The minimum atomic E-state index is 0.264. The Labute approximate surface area is 107 Å². The van der Waals surface area contributed by atoms with Crippen LogP contribution in [-0.4, -0.2) is 11.3 Å². The van der Waals surface area contributed by atoms with Gasteiger partial charge in [-0.2, -0.15) is 0 Å². The first-order chi connectivity index (χ1) is 8.31. The summed E-state index contributed by atoms with van der Waals surface area (Å²) in [5.74, 6) is 0.264. The average molecular weight is 259 g/mol. The maximum Gasteiger partial charge on any atom is 0.115 e. The van der Waals surface area contributed by atoms with E-state index in [2.05, 4.69) is 22.5 Å². The van der Waals surface area contributed by atoms with Gasteiger partial charge in [0.15, 0.2) is 0 Å². The summed E-state index contributed by atoms with van der Waals surface area (Å²) in [5, 5.41) is 11.3. The standard InChI is InChI=1S/C13H9NOS2/c15-10-3-1-9(2-4-10)14-8-11-7-13-12(17-11)5-6-16-13/h1-8,15H. The van der Waals surface area contributed by atoms with Gasteiger partial charge in [0, 0.05) is 20.5 Å². The van der Waals surface area contributed by atoms with E-state index in [-0.39, 0.29) is 5.75 Å². The molecule has 0 aliphatic heterocycles. The van der Waals surface area contributed by atoms with E-state index in [0.29, 0.717) is 0 Å². The van der Waals surface area contributed by atoms with E-state index >= 15 is 0 Å². The number of phenolic OH excluding ortho intramolecular Hbond substituents is 1. The second-order valence-corrected chi connectivity index (χ2v) is 5.64. The Morgan fingerprint density at radius 3 is 2.65 bits per heavy atom. The van der Waals surface area contributed by atoms with Crippen LogP contribution in [0.25, 0.3) is 9.40 Å². The summed E-state index contributed by atoms with van der Waals surface area (Å²) < 4.78 is 2.62. The Hall–Kier alpha value is -1.65. The molecule has 1 aromatic carbocycles. The number of aliphatic imine (C=N–C) groups is 1. The van der Waals surface area contributed by atoms with Crippen LogP contribution < -0.4 is 0 Å². The number of fused-ring (bicyclic) bond motifs is 1. The first-order valence-electron chi connectivity index (χ1n) is 5.11. The zero-order valence-electron chi connectivity index (χ0n) is 8.83. The maximum atomic E-state index is 9.16. The molecular weight excluding hydrogens is 250 g/mol. The lowest BCUT2D eigenvalue weighted by atomic mass is 10.3.